The first-order valence-electron chi connectivity index (χ1n) is 4.58. The Kier molecular flexibility index (Phi) is 1.55. The number of rotatable bonds is 0. The SMILES string of the molecule is CC1CCCC2=C1CCC2. The van der Waals surface area contributed by atoms with Gasteiger partial charge in [0.1, 0.15) is 0 Å². The van der Waals surface area contributed by atoms with Crippen molar-refractivity contribution in [3.8, 4) is 0 Å². The first kappa shape index (κ1) is 6.45. The van der Waals surface area contributed by atoms with Gasteiger partial charge in [0.25, 0.3) is 0 Å². The van der Waals surface area contributed by atoms with E-state index < -0.39 is 0 Å². The summed E-state index contributed by atoms with van der Waals surface area (Å²) in [6.07, 6.45) is 8.66. The summed E-state index contributed by atoms with van der Waals surface area (Å²) in [4.78, 5) is 0. The van der Waals surface area contributed by atoms with E-state index in [4.69, 9.17) is 0 Å². The van der Waals surface area contributed by atoms with Gasteiger partial charge in [0.2, 0.25) is 0 Å². The van der Waals surface area contributed by atoms with Crippen molar-refractivity contribution in [3.63, 3.8) is 0 Å². The van der Waals surface area contributed by atoms with E-state index in [1.807, 2.05) is 11.1 Å². The quantitative estimate of drug-likeness (QED) is 0.448. The van der Waals surface area contributed by atoms with Crippen molar-refractivity contribution in [1.29, 1.82) is 0 Å². The van der Waals surface area contributed by atoms with Crippen LogP contribution in [-0.4, -0.2) is 0 Å². The summed E-state index contributed by atoms with van der Waals surface area (Å²) in [7, 11) is 0. The zero-order valence-electron chi connectivity index (χ0n) is 6.82. The van der Waals surface area contributed by atoms with Gasteiger partial charge in [0.05, 0.1) is 0 Å². The predicted octanol–water partition coefficient (Wildman–Crippen LogP) is 3.29. The number of hydrogen-bond acceptors (Lipinski definition) is 0. The minimum atomic E-state index is 0.936. The van der Waals surface area contributed by atoms with Gasteiger partial charge in [-0.25, -0.2) is 0 Å². The second kappa shape index (κ2) is 2.41. The van der Waals surface area contributed by atoms with Crippen LogP contribution < -0.4 is 0 Å². The predicted molar refractivity (Wildman–Crippen MR) is 43.9 cm³/mol. The van der Waals surface area contributed by atoms with Gasteiger partial charge in [-0.2, -0.15) is 0 Å². The molecule has 0 aromatic heterocycles. The van der Waals surface area contributed by atoms with Crippen LogP contribution in [0.25, 0.3) is 0 Å². The van der Waals surface area contributed by atoms with Crippen LogP contribution in [0.4, 0.5) is 0 Å². The number of hydrogen-bond donors (Lipinski definition) is 0. The molecule has 0 heteroatoms. The topological polar surface area (TPSA) is 0 Å². The zero-order chi connectivity index (χ0) is 6.97. The fraction of sp³-hybridized carbons (Fsp3) is 0.800. The molecule has 1 atom stereocenters. The molecule has 0 nitrogen and oxygen atoms in total. The summed E-state index contributed by atoms with van der Waals surface area (Å²) in [6, 6.07) is 0. The third-order valence-corrected chi connectivity index (χ3v) is 3.09. The molecule has 56 valence electrons. The van der Waals surface area contributed by atoms with E-state index in [1.54, 1.807) is 0 Å². The van der Waals surface area contributed by atoms with Crippen molar-refractivity contribution in [2.45, 2.75) is 45.4 Å². The number of allylic oxidation sites excluding steroid dienone is 2. The first-order chi connectivity index (χ1) is 4.88. The second-order valence-electron chi connectivity index (χ2n) is 3.78. The van der Waals surface area contributed by atoms with Gasteiger partial charge in [-0.15, -0.1) is 0 Å². The highest BCUT2D eigenvalue weighted by Crippen LogP contribution is 2.39. The lowest BCUT2D eigenvalue weighted by Crippen LogP contribution is -2.04. The largest absolute Gasteiger partial charge is 0.0707 e. The van der Waals surface area contributed by atoms with E-state index in [1.165, 1.54) is 38.5 Å². The molecule has 0 fully saturated rings. The molecule has 2 aliphatic carbocycles. The Morgan fingerprint density at radius 1 is 1.10 bits per heavy atom. The first-order valence-corrected chi connectivity index (χ1v) is 4.58. The maximum Gasteiger partial charge on any atom is -0.0229 e. The van der Waals surface area contributed by atoms with Crippen molar-refractivity contribution in [1.82, 2.24) is 0 Å². The zero-order valence-corrected chi connectivity index (χ0v) is 6.82. The van der Waals surface area contributed by atoms with Crippen LogP contribution in [0, 0.1) is 5.92 Å². The molecule has 0 aromatic rings. The molecule has 0 radical (unpaired) electrons. The van der Waals surface area contributed by atoms with Crippen LogP contribution in [0.2, 0.25) is 0 Å². The van der Waals surface area contributed by atoms with Crippen molar-refractivity contribution < 1.29 is 0 Å². The van der Waals surface area contributed by atoms with E-state index in [0.717, 1.165) is 5.92 Å². The highest BCUT2D eigenvalue weighted by Gasteiger charge is 2.22. The summed E-state index contributed by atoms with van der Waals surface area (Å²) in [5.74, 6) is 0.936. The summed E-state index contributed by atoms with van der Waals surface area (Å²) in [5, 5.41) is 0. The van der Waals surface area contributed by atoms with Crippen LogP contribution in [0.5, 0.6) is 0 Å². The van der Waals surface area contributed by atoms with Gasteiger partial charge >= 0.3 is 0 Å². The van der Waals surface area contributed by atoms with E-state index in [2.05, 4.69) is 6.92 Å². The lowest BCUT2D eigenvalue weighted by atomic mass is 9.85. The Morgan fingerprint density at radius 2 is 1.90 bits per heavy atom. The molecule has 0 saturated heterocycles. The summed E-state index contributed by atoms with van der Waals surface area (Å²) in [6.45, 7) is 2.40. The van der Waals surface area contributed by atoms with Gasteiger partial charge in [-0.05, 0) is 44.4 Å². The molecule has 0 spiro atoms. The molecule has 0 bridgehead atoms. The van der Waals surface area contributed by atoms with Gasteiger partial charge in [-0.3, -0.25) is 0 Å². The average molecular weight is 136 g/mol. The molecule has 0 saturated carbocycles. The molecule has 1 unspecified atom stereocenters. The fourth-order valence-electron chi connectivity index (χ4n) is 2.51. The molecule has 0 aliphatic heterocycles. The second-order valence-corrected chi connectivity index (χ2v) is 3.78. The molecular weight excluding hydrogens is 120 g/mol. The standard InChI is InChI=1S/C10H16/c1-8-4-2-5-9-6-3-7-10(8)9/h8H,2-7H2,1H3. The summed E-state index contributed by atoms with van der Waals surface area (Å²) in [5.41, 5.74) is 3.67. The molecule has 0 heterocycles. The van der Waals surface area contributed by atoms with Gasteiger partial charge < -0.3 is 0 Å². The van der Waals surface area contributed by atoms with Crippen LogP contribution in [0.3, 0.4) is 0 Å². The maximum atomic E-state index is 2.40. The van der Waals surface area contributed by atoms with Crippen molar-refractivity contribution >= 4 is 0 Å². The average Bonchev–Trinajstić information content (AvgIpc) is 2.36. The highest BCUT2D eigenvalue weighted by atomic mass is 14.3. The molecule has 0 N–H and O–H groups in total. The Balaban J connectivity index is 2.22. The Hall–Kier alpha value is -0.260. The van der Waals surface area contributed by atoms with Gasteiger partial charge in [0.15, 0.2) is 0 Å². The Bertz CT molecular complexity index is 165. The van der Waals surface area contributed by atoms with Crippen LogP contribution >= 0.6 is 0 Å². The van der Waals surface area contributed by atoms with Gasteiger partial charge in [-0.1, -0.05) is 18.1 Å². The highest BCUT2D eigenvalue weighted by molar-refractivity contribution is 5.23. The minimum Gasteiger partial charge on any atom is -0.0707 e. The molecule has 0 amide bonds. The lowest BCUT2D eigenvalue weighted by Gasteiger charge is -2.20. The van der Waals surface area contributed by atoms with E-state index in [0.29, 0.717) is 0 Å². The monoisotopic (exact) mass is 136 g/mol. The lowest BCUT2D eigenvalue weighted by molar-refractivity contribution is 0.533. The van der Waals surface area contributed by atoms with E-state index >= 15 is 0 Å². The Labute approximate surface area is 63.3 Å². The van der Waals surface area contributed by atoms with Crippen molar-refractivity contribution in [2.24, 2.45) is 5.92 Å². The van der Waals surface area contributed by atoms with Crippen molar-refractivity contribution in [2.75, 3.05) is 0 Å². The van der Waals surface area contributed by atoms with Crippen molar-refractivity contribution in [3.05, 3.63) is 11.1 Å². The van der Waals surface area contributed by atoms with Gasteiger partial charge in [0, 0.05) is 0 Å². The normalized spacial score (nSPS) is 32.7. The molecule has 2 aliphatic rings. The minimum absolute atomic E-state index is 0.936. The van der Waals surface area contributed by atoms with Crippen LogP contribution in [0.1, 0.15) is 45.4 Å². The Morgan fingerprint density at radius 3 is 2.70 bits per heavy atom. The summed E-state index contributed by atoms with van der Waals surface area (Å²) < 4.78 is 0. The fourth-order valence-corrected chi connectivity index (χ4v) is 2.51. The maximum absolute atomic E-state index is 2.40. The third-order valence-electron chi connectivity index (χ3n) is 3.09. The van der Waals surface area contributed by atoms with E-state index in [9.17, 15) is 0 Å². The third kappa shape index (κ3) is 0.902. The molecule has 10 heavy (non-hydrogen) atoms. The smallest absolute Gasteiger partial charge is 0.0229 e. The summed E-state index contributed by atoms with van der Waals surface area (Å²) >= 11 is 0. The van der Waals surface area contributed by atoms with E-state index in [-0.39, 0.29) is 0 Å². The molecule has 2 rings (SSSR count). The van der Waals surface area contributed by atoms with Crippen LogP contribution in [-0.2, 0) is 0 Å². The van der Waals surface area contributed by atoms with Crippen LogP contribution in [0.15, 0.2) is 11.1 Å². The molecular formula is C10H16. The molecule has 0 aromatic carbocycles.